The largest absolute Gasteiger partial charge is 0.496 e. The molecule has 1 heterocycles. The van der Waals surface area contributed by atoms with Gasteiger partial charge in [-0.25, -0.2) is 8.42 Å². The van der Waals surface area contributed by atoms with Gasteiger partial charge in [-0.2, -0.15) is 0 Å². The van der Waals surface area contributed by atoms with E-state index in [-0.39, 0.29) is 5.75 Å². The van der Waals surface area contributed by atoms with Gasteiger partial charge < -0.3 is 4.74 Å². The van der Waals surface area contributed by atoms with Crippen molar-refractivity contribution in [2.75, 3.05) is 12.4 Å². The monoisotopic (exact) mass is 233 g/mol. The first-order valence-corrected chi connectivity index (χ1v) is 6.97. The fourth-order valence-electron chi connectivity index (χ4n) is 1.44. The van der Waals surface area contributed by atoms with E-state index in [1.165, 1.54) is 0 Å². The number of ether oxygens (including phenoxy) is 1. The van der Waals surface area contributed by atoms with E-state index in [2.05, 4.69) is 4.72 Å². The molecule has 0 bridgehead atoms. The van der Waals surface area contributed by atoms with Crippen molar-refractivity contribution in [3.63, 3.8) is 0 Å². The molecule has 0 atom stereocenters. The third-order valence-corrected chi connectivity index (χ3v) is 3.91. The Morgan fingerprint density at radius 3 is 2.53 bits per heavy atom. The Bertz CT molecular complexity index is 333. The standard InChI is InChI=1S/C10H19NO3S/c1-9-10(2)14-7-5-3-4-6-8-15(12,13)11-9/h11H,3-8H2,1-2H3. The van der Waals surface area contributed by atoms with Crippen LogP contribution in [-0.4, -0.2) is 20.8 Å². The van der Waals surface area contributed by atoms with Crippen LogP contribution >= 0.6 is 0 Å². The smallest absolute Gasteiger partial charge is 0.232 e. The number of hydrogen-bond acceptors (Lipinski definition) is 3. The van der Waals surface area contributed by atoms with Crippen molar-refractivity contribution in [3.05, 3.63) is 11.5 Å². The van der Waals surface area contributed by atoms with Crippen LogP contribution < -0.4 is 4.72 Å². The summed E-state index contributed by atoms with van der Waals surface area (Å²) in [7, 11) is -3.17. The molecule has 0 unspecified atom stereocenters. The first-order valence-electron chi connectivity index (χ1n) is 5.32. The number of rotatable bonds is 0. The Morgan fingerprint density at radius 1 is 1.13 bits per heavy atom. The van der Waals surface area contributed by atoms with Gasteiger partial charge in [0, 0.05) is 0 Å². The Morgan fingerprint density at radius 2 is 1.80 bits per heavy atom. The third kappa shape index (κ3) is 4.55. The van der Waals surface area contributed by atoms with Crippen LogP contribution in [0, 0.1) is 0 Å². The SMILES string of the molecule is CC1=C(C)OCCCCCCS(=O)(=O)N1. The molecule has 0 fully saturated rings. The second-order valence-corrected chi connectivity index (χ2v) is 5.71. The Kier molecular flexibility index (Phi) is 4.45. The maximum Gasteiger partial charge on any atom is 0.232 e. The van der Waals surface area contributed by atoms with Crippen LogP contribution in [0.2, 0.25) is 0 Å². The van der Waals surface area contributed by atoms with E-state index in [4.69, 9.17) is 4.74 Å². The molecule has 0 radical (unpaired) electrons. The lowest BCUT2D eigenvalue weighted by Crippen LogP contribution is -2.25. The van der Waals surface area contributed by atoms with E-state index >= 15 is 0 Å². The molecule has 5 heteroatoms. The zero-order valence-electron chi connectivity index (χ0n) is 9.38. The third-order valence-electron chi connectivity index (χ3n) is 2.46. The quantitative estimate of drug-likeness (QED) is 0.693. The van der Waals surface area contributed by atoms with Crippen LogP contribution in [0.15, 0.2) is 11.5 Å². The van der Waals surface area contributed by atoms with Crippen molar-refractivity contribution in [2.24, 2.45) is 0 Å². The second-order valence-electron chi connectivity index (χ2n) is 3.86. The Balaban J connectivity index is 2.75. The highest BCUT2D eigenvalue weighted by molar-refractivity contribution is 7.89. The number of hydrogen-bond donors (Lipinski definition) is 1. The fraction of sp³-hybridized carbons (Fsp3) is 0.800. The molecule has 15 heavy (non-hydrogen) atoms. The van der Waals surface area contributed by atoms with E-state index in [1.54, 1.807) is 13.8 Å². The van der Waals surface area contributed by atoms with Crippen molar-refractivity contribution >= 4 is 10.0 Å². The van der Waals surface area contributed by atoms with Crippen LogP contribution in [0.25, 0.3) is 0 Å². The number of allylic oxidation sites excluding steroid dienone is 2. The molecular weight excluding hydrogens is 214 g/mol. The molecule has 0 amide bonds. The van der Waals surface area contributed by atoms with Gasteiger partial charge in [0.2, 0.25) is 10.0 Å². The zero-order chi connectivity index (χ0) is 11.3. The van der Waals surface area contributed by atoms with Gasteiger partial charge in [0.1, 0.15) is 5.76 Å². The first kappa shape index (κ1) is 12.4. The molecule has 88 valence electrons. The zero-order valence-corrected chi connectivity index (χ0v) is 10.2. The summed E-state index contributed by atoms with van der Waals surface area (Å²) in [5.41, 5.74) is 0.594. The van der Waals surface area contributed by atoms with E-state index in [0.29, 0.717) is 18.1 Å². The topological polar surface area (TPSA) is 55.4 Å². The number of sulfonamides is 1. The highest BCUT2D eigenvalue weighted by atomic mass is 32.2. The molecule has 0 aromatic rings. The predicted octanol–water partition coefficient (Wildman–Crippen LogP) is 1.75. The van der Waals surface area contributed by atoms with Crippen molar-refractivity contribution in [3.8, 4) is 0 Å². The predicted molar refractivity (Wildman–Crippen MR) is 59.7 cm³/mol. The van der Waals surface area contributed by atoms with Crippen LogP contribution in [0.1, 0.15) is 39.5 Å². The van der Waals surface area contributed by atoms with E-state index in [1.807, 2.05) is 0 Å². The lowest BCUT2D eigenvalue weighted by Gasteiger charge is -2.11. The molecular formula is C10H19NO3S. The van der Waals surface area contributed by atoms with Gasteiger partial charge >= 0.3 is 0 Å². The lowest BCUT2D eigenvalue weighted by atomic mass is 10.2. The molecule has 4 nitrogen and oxygen atoms in total. The Labute approximate surface area is 91.8 Å². The second kappa shape index (κ2) is 5.39. The average molecular weight is 233 g/mol. The minimum atomic E-state index is -3.17. The van der Waals surface area contributed by atoms with Gasteiger partial charge in [0.15, 0.2) is 0 Å². The van der Waals surface area contributed by atoms with Crippen LogP contribution in [0.3, 0.4) is 0 Å². The average Bonchev–Trinajstić information content (AvgIpc) is 2.15. The summed E-state index contributed by atoms with van der Waals surface area (Å²) in [6.07, 6.45) is 3.69. The molecule has 1 N–H and O–H groups in total. The summed E-state index contributed by atoms with van der Waals surface area (Å²) in [4.78, 5) is 0. The van der Waals surface area contributed by atoms with E-state index < -0.39 is 10.0 Å². The molecule has 0 saturated carbocycles. The molecule has 0 saturated heterocycles. The molecule has 0 aromatic carbocycles. The van der Waals surface area contributed by atoms with Gasteiger partial charge in [-0.1, -0.05) is 12.8 Å². The summed E-state index contributed by atoms with van der Waals surface area (Å²) < 4.78 is 31.1. The summed E-state index contributed by atoms with van der Waals surface area (Å²) >= 11 is 0. The maximum atomic E-state index is 11.6. The van der Waals surface area contributed by atoms with E-state index in [0.717, 1.165) is 25.7 Å². The summed E-state index contributed by atoms with van der Waals surface area (Å²) in [5.74, 6) is 0.873. The lowest BCUT2D eigenvalue weighted by molar-refractivity contribution is 0.203. The molecule has 0 aromatic heterocycles. The van der Waals surface area contributed by atoms with Gasteiger partial charge in [-0.3, -0.25) is 4.72 Å². The van der Waals surface area contributed by atoms with Gasteiger partial charge in [-0.15, -0.1) is 0 Å². The summed E-state index contributed by atoms with van der Waals surface area (Å²) in [6.45, 7) is 4.19. The normalized spacial score (nSPS) is 23.6. The molecule has 1 rings (SSSR count). The van der Waals surface area contributed by atoms with Crippen LogP contribution in [0.4, 0.5) is 0 Å². The highest BCUT2D eigenvalue weighted by Crippen LogP contribution is 2.10. The van der Waals surface area contributed by atoms with Crippen molar-refractivity contribution in [1.82, 2.24) is 4.72 Å². The maximum absolute atomic E-state index is 11.6. The summed E-state index contributed by atoms with van der Waals surface area (Å²) in [6, 6.07) is 0. The minimum absolute atomic E-state index is 0.206. The van der Waals surface area contributed by atoms with Gasteiger partial charge in [0.05, 0.1) is 18.1 Å². The van der Waals surface area contributed by atoms with Gasteiger partial charge in [-0.05, 0) is 26.7 Å². The summed E-state index contributed by atoms with van der Waals surface area (Å²) in [5, 5.41) is 0. The van der Waals surface area contributed by atoms with Crippen LogP contribution in [-0.2, 0) is 14.8 Å². The first-order chi connectivity index (χ1) is 7.01. The van der Waals surface area contributed by atoms with Crippen LogP contribution in [0.5, 0.6) is 0 Å². The molecule has 0 spiro atoms. The van der Waals surface area contributed by atoms with Gasteiger partial charge in [0.25, 0.3) is 0 Å². The van der Waals surface area contributed by atoms with Crippen molar-refractivity contribution in [2.45, 2.75) is 39.5 Å². The Hall–Kier alpha value is -0.710. The minimum Gasteiger partial charge on any atom is -0.496 e. The van der Waals surface area contributed by atoms with E-state index in [9.17, 15) is 8.42 Å². The number of nitrogens with one attached hydrogen (secondary N) is 1. The molecule has 1 aliphatic rings. The fourth-order valence-corrected chi connectivity index (χ4v) is 2.73. The van der Waals surface area contributed by atoms with Crippen molar-refractivity contribution in [1.29, 1.82) is 0 Å². The molecule has 0 aliphatic carbocycles. The van der Waals surface area contributed by atoms with Crippen molar-refractivity contribution < 1.29 is 13.2 Å². The molecule has 1 aliphatic heterocycles. The highest BCUT2D eigenvalue weighted by Gasteiger charge is 2.12.